The lowest BCUT2D eigenvalue weighted by atomic mass is 9.68. The molecular weight excluding hydrogens is 280 g/mol. The molecule has 0 spiro atoms. The number of carbonyl (C=O) groups is 2. The molecule has 4 bridgehead atoms. The third-order valence-corrected chi connectivity index (χ3v) is 5.55. The van der Waals surface area contributed by atoms with Gasteiger partial charge in [0.25, 0.3) is 5.91 Å². The maximum Gasteiger partial charge on any atom is 0.354 e. The van der Waals surface area contributed by atoms with Gasteiger partial charge in [-0.15, -0.1) is 0 Å². The number of aromatic carboxylic acids is 1. The first-order valence-corrected chi connectivity index (χ1v) is 8.11. The van der Waals surface area contributed by atoms with E-state index in [0.717, 1.165) is 31.2 Å². The van der Waals surface area contributed by atoms with Gasteiger partial charge in [-0.3, -0.25) is 4.79 Å². The number of nitrogens with zero attached hydrogens (tertiary/aromatic N) is 2. The van der Waals surface area contributed by atoms with Crippen LogP contribution in [0.2, 0.25) is 0 Å². The van der Waals surface area contributed by atoms with Crippen LogP contribution in [0.1, 0.15) is 53.1 Å². The van der Waals surface area contributed by atoms with Crippen molar-refractivity contribution in [1.29, 1.82) is 0 Å². The van der Waals surface area contributed by atoms with Crippen LogP contribution in [0.4, 0.5) is 0 Å². The van der Waals surface area contributed by atoms with E-state index in [9.17, 15) is 9.59 Å². The molecule has 1 aromatic rings. The quantitative estimate of drug-likeness (QED) is 0.910. The summed E-state index contributed by atoms with van der Waals surface area (Å²) < 4.78 is 0. The number of hydrogen-bond acceptors (Lipinski definition) is 3. The molecule has 2 unspecified atom stereocenters. The summed E-state index contributed by atoms with van der Waals surface area (Å²) in [6.45, 7) is 0.815. The average molecular weight is 300 g/mol. The number of carboxylic acid groups (broad SMARTS) is 1. The number of carbonyl (C=O) groups excluding carboxylic acids is 1. The fraction of sp³-hybridized carbons (Fsp3) is 0.588. The van der Waals surface area contributed by atoms with E-state index in [2.05, 4.69) is 4.98 Å². The van der Waals surface area contributed by atoms with Gasteiger partial charge in [0, 0.05) is 12.6 Å². The van der Waals surface area contributed by atoms with Gasteiger partial charge in [-0.25, -0.2) is 9.78 Å². The molecular formula is C17H20N2O3. The first kappa shape index (κ1) is 13.7. The third kappa shape index (κ3) is 2.28. The van der Waals surface area contributed by atoms with E-state index < -0.39 is 5.97 Å². The number of rotatable bonds is 2. The minimum atomic E-state index is -1.09. The molecule has 1 N–H and O–H groups in total. The van der Waals surface area contributed by atoms with Gasteiger partial charge in [-0.1, -0.05) is 6.07 Å². The first-order valence-electron chi connectivity index (χ1n) is 8.11. The number of aromatic nitrogens is 1. The lowest BCUT2D eigenvalue weighted by Crippen LogP contribution is -2.42. The maximum atomic E-state index is 12.9. The molecule has 0 radical (unpaired) electrons. The molecule has 116 valence electrons. The molecule has 3 heterocycles. The van der Waals surface area contributed by atoms with Crippen LogP contribution >= 0.6 is 0 Å². The van der Waals surface area contributed by atoms with E-state index in [-0.39, 0.29) is 17.3 Å². The molecule has 5 rings (SSSR count). The second-order valence-corrected chi connectivity index (χ2v) is 7.10. The molecule has 2 aliphatic carbocycles. The van der Waals surface area contributed by atoms with Gasteiger partial charge in [0.15, 0.2) is 0 Å². The van der Waals surface area contributed by atoms with Gasteiger partial charge in [-0.2, -0.15) is 0 Å². The summed E-state index contributed by atoms with van der Waals surface area (Å²) in [6.07, 6.45) is 6.05. The summed E-state index contributed by atoms with van der Waals surface area (Å²) in [5.41, 5.74) is 0.201. The van der Waals surface area contributed by atoms with Gasteiger partial charge in [0.1, 0.15) is 11.4 Å². The van der Waals surface area contributed by atoms with Crippen molar-refractivity contribution in [2.24, 2.45) is 17.8 Å². The summed E-state index contributed by atoms with van der Waals surface area (Å²) >= 11 is 0. The lowest BCUT2D eigenvalue weighted by Gasteiger charge is -2.38. The zero-order valence-corrected chi connectivity index (χ0v) is 12.4. The average Bonchev–Trinajstić information content (AvgIpc) is 2.70. The van der Waals surface area contributed by atoms with Crippen LogP contribution in [0.3, 0.4) is 0 Å². The van der Waals surface area contributed by atoms with Crippen molar-refractivity contribution in [1.82, 2.24) is 9.88 Å². The Balaban J connectivity index is 1.62. The number of hydrogen-bond donors (Lipinski definition) is 1. The molecule has 0 aromatic carbocycles. The van der Waals surface area contributed by atoms with E-state index in [1.165, 1.54) is 25.3 Å². The van der Waals surface area contributed by atoms with Crippen molar-refractivity contribution in [2.45, 2.75) is 38.1 Å². The molecule has 2 atom stereocenters. The largest absolute Gasteiger partial charge is 0.477 e. The van der Waals surface area contributed by atoms with Crippen LogP contribution in [-0.4, -0.2) is 39.5 Å². The smallest absolute Gasteiger partial charge is 0.354 e. The Morgan fingerprint density at radius 2 is 1.64 bits per heavy atom. The van der Waals surface area contributed by atoms with Gasteiger partial charge in [0.2, 0.25) is 0 Å². The SMILES string of the molecule is O=C(O)c1cccc(C(=O)N2CC3CC4CC(C3)CC2C4)n1. The van der Waals surface area contributed by atoms with Crippen molar-refractivity contribution in [3.63, 3.8) is 0 Å². The lowest BCUT2D eigenvalue weighted by molar-refractivity contribution is 0.0626. The minimum absolute atomic E-state index is 0.0634. The molecule has 2 aliphatic heterocycles. The van der Waals surface area contributed by atoms with Crippen LogP contribution in [0.15, 0.2) is 18.2 Å². The predicted octanol–water partition coefficient (Wildman–Crippen LogP) is 2.43. The van der Waals surface area contributed by atoms with E-state index in [1.807, 2.05) is 4.90 Å². The van der Waals surface area contributed by atoms with Crippen molar-refractivity contribution in [3.05, 3.63) is 29.6 Å². The van der Waals surface area contributed by atoms with E-state index >= 15 is 0 Å². The molecule has 4 aliphatic rings. The van der Waals surface area contributed by atoms with Crippen molar-refractivity contribution in [3.8, 4) is 0 Å². The fourth-order valence-electron chi connectivity index (χ4n) is 4.85. The number of amides is 1. The highest BCUT2D eigenvalue weighted by Gasteiger charge is 2.44. The summed E-state index contributed by atoms with van der Waals surface area (Å²) in [7, 11) is 0. The van der Waals surface area contributed by atoms with Crippen LogP contribution in [0.5, 0.6) is 0 Å². The second-order valence-electron chi connectivity index (χ2n) is 7.10. The zero-order valence-electron chi connectivity index (χ0n) is 12.4. The summed E-state index contributed by atoms with van der Waals surface area (Å²) in [4.78, 5) is 29.9. The molecule has 22 heavy (non-hydrogen) atoms. The van der Waals surface area contributed by atoms with Crippen LogP contribution in [0, 0.1) is 17.8 Å². The van der Waals surface area contributed by atoms with Crippen molar-refractivity contribution in [2.75, 3.05) is 6.54 Å². The molecule has 1 amide bonds. The topological polar surface area (TPSA) is 70.5 Å². The Morgan fingerprint density at radius 1 is 1.00 bits per heavy atom. The Kier molecular flexibility index (Phi) is 3.17. The Hall–Kier alpha value is -1.91. The number of pyridine rings is 1. The normalized spacial score (nSPS) is 32.8. The minimum Gasteiger partial charge on any atom is -0.477 e. The van der Waals surface area contributed by atoms with Crippen molar-refractivity contribution < 1.29 is 14.7 Å². The monoisotopic (exact) mass is 300 g/mol. The molecule has 2 saturated heterocycles. The van der Waals surface area contributed by atoms with Crippen LogP contribution in [0.25, 0.3) is 0 Å². The summed E-state index contributed by atoms with van der Waals surface area (Å²) in [6, 6.07) is 4.98. The molecule has 1 aromatic heterocycles. The maximum absolute atomic E-state index is 12.9. The van der Waals surface area contributed by atoms with Gasteiger partial charge < -0.3 is 10.0 Å². The highest BCUT2D eigenvalue weighted by molar-refractivity contribution is 5.94. The molecule has 4 fully saturated rings. The number of carboxylic acids is 1. The van der Waals surface area contributed by atoms with Gasteiger partial charge >= 0.3 is 5.97 Å². The Morgan fingerprint density at radius 3 is 2.32 bits per heavy atom. The predicted molar refractivity (Wildman–Crippen MR) is 79.6 cm³/mol. The van der Waals surface area contributed by atoms with Crippen molar-refractivity contribution >= 4 is 11.9 Å². The van der Waals surface area contributed by atoms with Gasteiger partial charge in [-0.05, 0) is 62.0 Å². The summed E-state index contributed by atoms with van der Waals surface area (Å²) in [5, 5.41) is 9.05. The van der Waals surface area contributed by atoms with E-state index in [1.54, 1.807) is 12.1 Å². The van der Waals surface area contributed by atoms with E-state index in [0.29, 0.717) is 12.0 Å². The standard InChI is InChI=1S/C17H20N2O3/c20-16(14-2-1-3-15(18-14)17(21)22)19-9-12-5-10-4-11(6-12)8-13(19)7-10/h1-3,10-13H,4-9H2,(H,21,22). The fourth-order valence-corrected chi connectivity index (χ4v) is 4.85. The number of fused-ring (bicyclic) bond motifs is 1. The van der Waals surface area contributed by atoms with E-state index in [4.69, 9.17) is 5.11 Å². The second kappa shape index (κ2) is 5.07. The summed E-state index contributed by atoms with van der Waals surface area (Å²) in [5.74, 6) is 0.979. The highest BCUT2D eigenvalue weighted by Crippen LogP contribution is 2.47. The third-order valence-electron chi connectivity index (χ3n) is 5.55. The molecule has 2 saturated carbocycles. The highest BCUT2D eigenvalue weighted by atomic mass is 16.4. The van der Waals surface area contributed by atoms with Crippen LogP contribution in [-0.2, 0) is 0 Å². The van der Waals surface area contributed by atoms with Gasteiger partial charge in [0.05, 0.1) is 0 Å². The Labute approximate surface area is 129 Å². The zero-order chi connectivity index (χ0) is 15.3. The molecule has 5 heteroatoms. The first-order chi connectivity index (χ1) is 10.6. The molecule has 5 nitrogen and oxygen atoms in total. The Bertz CT molecular complexity index is 616. The van der Waals surface area contributed by atoms with Crippen LogP contribution < -0.4 is 0 Å².